The number of rotatable bonds is 5. The number of aromatic nitrogens is 1. The van der Waals surface area contributed by atoms with Crippen LogP contribution in [0.15, 0.2) is 18.2 Å². The van der Waals surface area contributed by atoms with E-state index in [1.54, 1.807) is 13.8 Å². The van der Waals surface area contributed by atoms with Gasteiger partial charge in [-0.1, -0.05) is 12.1 Å². The van der Waals surface area contributed by atoms with E-state index in [0.29, 0.717) is 22.5 Å². The Morgan fingerprint density at radius 2 is 1.79 bits per heavy atom. The molecule has 1 aromatic heterocycles. The summed E-state index contributed by atoms with van der Waals surface area (Å²) in [6, 6.07) is 5.53. The lowest BCUT2D eigenvalue weighted by atomic mass is 10.0. The van der Waals surface area contributed by atoms with Crippen molar-refractivity contribution in [2.24, 2.45) is 0 Å². The minimum absolute atomic E-state index is 0.0911. The molecule has 0 saturated carbocycles. The Balaban J connectivity index is 2.29. The van der Waals surface area contributed by atoms with Crippen LogP contribution in [0.5, 0.6) is 0 Å². The first-order valence-electron chi connectivity index (χ1n) is 7.92. The number of nitrogens with one attached hydrogen (secondary N) is 2. The van der Waals surface area contributed by atoms with E-state index in [1.807, 2.05) is 39.0 Å². The van der Waals surface area contributed by atoms with Gasteiger partial charge in [-0.3, -0.25) is 4.79 Å². The molecule has 1 heterocycles. The quantitative estimate of drug-likeness (QED) is 0.648. The summed E-state index contributed by atoms with van der Waals surface area (Å²) in [7, 11) is 1.33. The highest BCUT2D eigenvalue weighted by molar-refractivity contribution is 6.04. The number of Topliss-reactive ketones (excluding diaryl/α,β-unsaturated/α-hetero) is 1. The molecule has 1 atom stereocenters. The van der Waals surface area contributed by atoms with Crippen molar-refractivity contribution in [1.29, 1.82) is 0 Å². The molecule has 0 bridgehead atoms. The number of carbonyl (C=O) groups is 2. The second-order valence-corrected chi connectivity index (χ2v) is 6.09. The third-order valence-electron chi connectivity index (χ3n) is 4.44. The first kappa shape index (κ1) is 17.8. The molecule has 5 heteroatoms. The normalized spacial score (nSPS) is 11.9. The molecule has 0 spiro atoms. The first-order valence-corrected chi connectivity index (χ1v) is 7.92. The highest BCUT2D eigenvalue weighted by Crippen LogP contribution is 2.23. The summed E-state index contributed by atoms with van der Waals surface area (Å²) in [4.78, 5) is 27.7. The van der Waals surface area contributed by atoms with Gasteiger partial charge in [-0.25, -0.2) is 4.79 Å². The zero-order valence-electron chi connectivity index (χ0n) is 15.0. The molecular weight excluding hydrogens is 304 g/mol. The Labute approximate surface area is 142 Å². The molecule has 0 aliphatic heterocycles. The SMILES string of the molecule is COC(=O)c1c(C)[nH]c(C(=O)C(C)Nc2cccc(C)c2C)c1C. The number of esters is 1. The third kappa shape index (κ3) is 3.20. The maximum atomic E-state index is 12.8. The monoisotopic (exact) mass is 328 g/mol. The van der Waals surface area contributed by atoms with Gasteiger partial charge < -0.3 is 15.0 Å². The summed E-state index contributed by atoms with van der Waals surface area (Å²) in [6.07, 6.45) is 0. The van der Waals surface area contributed by atoms with Gasteiger partial charge in [0.15, 0.2) is 0 Å². The Hall–Kier alpha value is -2.56. The summed E-state index contributed by atoms with van der Waals surface area (Å²) in [5, 5.41) is 3.26. The number of aromatic amines is 1. The molecule has 1 aromatic carbocycles. The van der Waals surface area contributed by atoms with Gasteiger partial charge >= 0.3 is 5.97 Å². The number of H-pyrrole nitrogens is 1. The number of ketones is 1. The number of anilines is 1. The molecule has 2 N–H and O–H groups in total. The number of hydrogen-bond acceptors (Lipinski definition) is 4. The third-order valence-corrected chi connectivity index (χ3v) is 4.44. The number of hydrogen-bond donors (Lipinski definition) is 2. The van der Waals surface area contributed by atoms with Crippen LogP contribution in [0.25, 0.3) is 0 Å². The van der Waals surface area contributed by atoms with Crippen molar-refractivity contribution >= 4 is 17.4 Å². The van der Waals surface area contributed by atoms with Crippen molar-refractivity contribution in [2.45, 2.75) is 40.7 Å². The molecule has 2 rings (SSSR count). The van der Waals surface area contributed by atoms with E-state index in [1.165, 1.54) is 12.7 Å². The minimum atomic E-state index is -0.435. The van der Waals surface area contributed by atoms with Gasteiger partial charge in [-0.2, -0.15) is 0 Å². The Bertz CT molecular complexity index is 790. The fraction of sp³-hybridized carbons (Fsp3) is 0.368. The van der Waals surface area contributed by atoms with Crippen molar-refractivity contribution < 1.29 is 14.3 Å². The van der Waals surface area contributed by atoms with Crippen LogP contribution in [-0.2, 0) is 4.74 Å². The van der Waals surface area contributed by atoms with Crippen LogP contribution < -0.4 is 5.32 Å². The van der Waals surface area contributed by atoms with E-state index in [-0.39, 0.29) is 5.78 Å². The Morgan fingerprint density at radius 1 is 1.12 bits per heavy atom. The molecular formula is C19H24N2O3. The number of methoxy groups -OCH3 is 1. The Kier molecular flexibility index (Phi) is 5.12. The molecule has 0 saturated heterocycles. The maximum absolute atomic E-state index is 12.8. The topological polar surface area (TPSA) is 71.2 Å². The van der Waals surface area contributed by atoms with E-state index < -0.39 is 12.0 Å². The molecule has 24 heavy (non-hydrogen) atoms. The summed E-state index contributed by atoms with van der Waals surface area (Å²) in [5.74, 6) is -0.526. The van der Waals surface area contributed by atoms with Crippen molar-refractivity contribution in [1.82, 2.24) is 4.98 Å². The van der Waals surface area contributed by atoms with Crippen LogP contribution in [0.4, 0.5) is 5.69 Å². The molecule has 0 amide bonds. The summed E-state index contributed by atoms with van der Waals surface area (Å²) < 4.78 is 4.79. The average Bonchev–Trinajstić information content (AvgIpc) is 2.85. The van der Waals surface area contributed by atoms with Crippen LogP contribution in [-0.4, -0.2) is 29.9 Å². The van der Waals surface area contributed by atoms with Gasteiger partial charge in [0, 0.05) is 11.4 Å². The number of benzene rings is 1. The number of carbonyl (C=O) groups excluding carboxylic acids is 2. The molecule has 0 aliphatic rings. The minimum Gasteiger partial charge on any atom is -0.465 e. The van der Waals surface area contributed by atoms with E-state index in [9.17, 15) is 9.59 Å². The van der Waals surface area contributed by atoms with E-state index in [4.69, 9.17) is 4.74 Å². The summed E-state index contributed by atoms with van der Waals surface area (Å²) in [5.41, 5.74) is 5.36. The molecule has 5 nitrogen and oxygen atoms in total. The zero-order valence-corrected chi connectivity index (χ0v) is 15.0. The van der Waals surface area contributed by atoms with Crippen LogP contribution in [0.1, 0.15) is 50.2 Å². The van der Waals surface area contributed by atoms with Crippen LogP contribution in [0.3, 0.4) is 0 Å². The standard InChI is InChI=1S/C19H24N2O3/c1-10-8-7-9-15(11(10)2)20-14(5)18(22)17-12(3)16(13(4)21-17)19(23)24-6/h7-9,14,20-21H,1-6H3. The molecule has 0 fully saturated rings. The fourth-order valence-corrected chi connectivity index (χ4v) is 2.83. The number of ether oxygens (including phenoxy) is 1. The second kappa shape index (κ2) is 6.91. The van der Waals surface area contributed by atoms with Gasteiger partial charge in [-0.05, 0) is 57.4 Å². The van der Waals surface area contributed by atoms with Gasteiger partial charge in [0.2, 0.25) is 5.78 Å². The van der Waals surface area contributed by atoms with Crippen molar-refractivity contribution in [2.75, 3.05) is 12.4 Å². The van der Waals surface area contributed by atoms with E-state index in [2.05, 4.69) is 10.3 Å². The lowest BCUT2D eigenvalue weighted by Gasteiger charge is -2.17. The van der Waals surface area contributed by atoms with Gasteiger partial charge in [0.25, 0.3) is 0 Å². The molecule has 1 unspecified atom stereocenters. The predicted molar refractivity (Wildman–Crippen MR) is 94.9 cm³/mol. The van der Waals surface area contributed by atoms with Crippen molar-refractivity contribution in [3.8, 4) is 0 Å². The highest BCUT2D eigenvalue weighted by atomic mass is 16.5. The first-order chi connectivity index (χ1) is 11.3. The predicted octanol–water partition coefficient (Wildman–Crippen LogP) is 3.72. The van der Waals surface area contributed by atoms with Gasteiger partial charge in [-0.15, -0.1) is 0 Å². The molecule has 0 aliphatic carbocycles. The van der Waals surface area contributed by atoms with Crippen LogP contribution in [0, 0.1) is 27.7 Å². The zero-order chi connectivity index (χ0) is 18.0. The molecule has 2 aromatic rings. The van der Waals surface area contributed by atoms with Gasteiger partial charge in [0.05, 0.1) is 24.4 Å². The van der Waals surface area contributed by atoms with Gasteiger partial charge in [0.1, 0.15) is 0 Å². The lowest BCUT2D eigenvalue weighted by molar-refractivity contribution is 0.0599. The molecule has 128 valence electrons. The largest absolute Gasteiger partial charge is 0.465 e. The maximum Gasteiger partial charge on any atom is 0.339 e. The summed E-state index contributed by atoms with van der Waals surface area (Å²) in [6.45, 7) is 9.40. The average molecular weight is 328 g/mol. The van der Waals surface area contributed by atoms with Crippen LogP contribution in [0.2, 0.25) is 0 Å². The summed E-state index contributed by atoms with van der Waals surface area (Å²) >= 11 is 0. The smallest absolute Gasteiger partial charge is 0.339 e. The van der Waals surface area contributed by atoms with Crippen molar-refractivity contribution in [3.05, 3.63) is 51.8 Å². The fourth-order valence-electron chi connectivity index (χ4n) is 2.83. The molecule has 0 radical (unpaired) electrons. The number of aryl methyl sites for hydroxylation is 2. The van der Waals surface area contributed by atoms with E-state index >= 15 is 0 Å². The Morgan fingerprint density at radius 3 is 2.42 bits per heavy atom. The highest BCUT2D eigenvalue weighted by Gasteiger charge is 2.25. The van der Waals surface area contributed by atoms with E-state index in [0.717, 1.165) is 11.3 Å². The van der Waals surface area contributed by atoms with Crippen molar-refractivity contribution in [3.63, 3.8) is 0 Å². The second-order valence-electron chi connectivity index (χ2n) is 6.09. The van der Waals surface area contributed by atoms with Crippen LogP contribution >= 0.6 is 0 Å². The lowest BCUT2D eigenvalue weighted by Crippen LogP contribution is -2.27.